The van der Waals surface area contributed by atoms with Crippen molar-refractivity contribution in [2.24, 2.45) is 12.0 Å². The molecule has 88 valence electrons. The fourth-order valence-electron chi connectivity index (χ4n) is 1.43. The Hall–Kier alpha value is -2.04. The summed E-state index contributed by atoms with van der Waals surface area (Å²) in [5, 5.41) is 0.671. The molecule has 0 aliphatic carbocycles. The van der Waals surface area contributed by atoms with E-state index in [0.717, 1.165) is 0 Å². The molecule has 0 fully saturated rings. The average Bonchev–Trinajstić information content (AvgIpc) is 2.67. The Labute approximate surface area is 100 Å². The van der Waals surface area contributed by atoms with E-state index in [4.69, 9.17) is 0 Å². The Morgan fingerprint density at radius 1 is 1.29 bits per heavy atom. The molecule has 5 nitrogen and oxygen atoms in total. The number of aromatic nitrogens is 1. The van der Waals surface area contributed by atoms with E-state index < -0.39 is 0 Å². The van der Waals surface area contributed by atoms with Crippen molar-refractivity contribution < 1.29 is 4.79 Å². The van der Waals surface area contributed by atoms with E-state index in [9.17, 15) is 4.79 Å². The van der Waals surface area contributed by atoms with Gasteiger partial charge in [-0.2, -0.15) is 0 Å². The zero-order chi connectivity index (χ0) is 12.3. The number of hydrogen-bond donors (Lipinski definition) is 0. The largest absolute Gasteiger partial charge is 0.357 e. The molecule has 1 aromatic rings. The summed E-state index contributed by atoms with van der Waals surface area (Å²) in [5.41, 5.74) is 0. The van der Waals surface area contributed by atoms with Gasteiger partial charge >= 0.3 is 0 Å². The lowest BCUT2D eigenvalue weighted by Crippen LogP contribution is -2.24. The van der Waals surface area contributed by atoms with Crippen LogP contribution in [0, 0.1) is 6.67 Å². The first-order valence-electron chi connectivity index (χ1n) is 5.27. The Balaban J connectivity index is 1.99. The highest BCUT2D eigenvalue weighted by Crippen LogP contribution is 2.07. The minimum absolute atomic E-state index is 0.189. The average molecular weight is 230 g/mol. The molecule has 0 saturated heterocycles. The molecule has 2 radical (unpaired) electrons. The van der Waals surface area contributed by atoms with E-state index in [0.29, 0.717) is 5.36 Å². The zero-order valence-electron chi connectivity index (χ0n) is 9.87. The van der Waals surface area contributed by atoms with Gasteiger partial charge in [-0.3, -0.25) is 4.79 Å². The van der Waals surface area contributed by atoms with Crippen LogP contribution in [0.2, 0.25) is 0 Å². The fourth-order valence-corrected chi connectivity index (χ4v) is 1.43. The summed E-state index contributed by atoms with van der Waals surface area (Å²) >= 11 is 0. The molecule has 2 heterocycles. The van der Waals surface area contributed by atoms with Gasteiger partial charge in [0, 0.05) is 38.9 Å². The summed E-state index contributed by atoms with van der Waals surface area (Å²) in [6.45, 7) is 3.16. The number of carbonyl (C=O) groups excluding carboxylic acids is 1. The SMILES string of the molecule is CN1[C]N(CC(=O)N=c2ccn(C)cc2)C=C1. The zero-order valence-corrected chi connectivity index (χ0v) is 9.87. The third kappa shape index (κ3) is 3.21. The summed E-state index contributed by atoms with van der Waals surface area (Å²) < 4.78 is 1.89. The van der Waals surface area contributed by atoms with E-state index in [1.807, 2.05) is 37.3 Å². The lowest BCUT2D eigenvalue weighted by Gasteiger charge is -2.12. The van der Waals surface area contributed by atoms with Crippen LogP contribution in [-0.2, 0) is 11.8 Å². The van der Waals surface area contributed by atoms with Crippen molar-refractivity contribution in [1.29, 1.82) is 0 Å². The first kappa shape index (κ1) is 11.4. The molecule has 1 aromatic heterocycles. The van der Waals surface area contributed by atoms with Gasteiger partial charge in [0.1, 0.15) is 6.54 Å². The predicted molar refractivity (Wildman–Crippen MR) is 62.8 cm³/mol. The van der Waals surface area contributed by atoms with Crippen molar-refractivity contribution in [3.8, 4) is 0 Å². The van der Waals surface area contributed by atoms with Crippen molar-refractivity contribution in [2.45, 2.75) is 0 Å². The monoisotopic (exact) mass is 230 g/mol. The molecule has 1 aliphatic rings. The molecule has 0 unspecified atom stereocenters. The smallest absolute Gasteiger partial charge is 0.265 e. The lowest BCUT2D eigenvalue weighted by atomic mass is 10.4. The van der Waals surface area contributed by atoms with Crippen molar-refractivity contribution in [1.82, 2.24) is 14.4 Å². The third-order valence-corrected chi connectivity index (χ3v) is 2.28. The summed E-state index contributed by atoms with van der Waals surface area (Å²) in [4.78, 5) is 19.1. The Kier molecular flexibility index (Phi) is 3.27. The van der Waals surface area contributed by atoms with Gasteiger partial charge in [-0.05, 0) is 12.1 Å². The van der Waals surface area contributed by atoms with Gasteiger partial charge in [0.2, 0.25) is 6.67 Å². The summed E-state index contributed by atoms with van der Waals surface area (Å²) in [5.74, 6) is -0.189. The van der Waals surface area contributed by atoms with Crippen LogP contribution < -0.4 is 5.36 Å². The fraction of sp³-hybridized carbons (Fsp3) is 0.250. The summed E-state index contributed by atoms with van der Waals surface area (Å²) in [6, 6.07) is 3.61. The molecule has 0 aromatic carbocycles. The highest BCUT2D eigenvalue weighted by atomic mass is 16.1. The molecule has 0 atom stereocenters. The van der Waals surface area contributed by atoms with Crippen molar-refractivity contribution in [3.63, 3.8) is 0 Å². The normalized spacial score (nSPS) is 14.2. The van der Waals surface area contributed by atoms with Gasteiger partial charge in [-0.1, -0.05) is 0 Å². The molecule has 0 saturated carbocycles. The molecule has 0 bridgehead atoms. The molecule has 1 amide bonds. The second kappa shape index (κ2) is 4.86. The highest BCUT2D eigenvalue weighted by Gasteiger charge is 2.13. The molecular formula is C12H14N4O. The van der Waals surface area contributed by atoms with E-state index in [-0.39, 0.29) is 12.5 Å². The maximum absolute atomic E-state index is 11.7. The van der Waals surface area contributed by atoms with Gasteiger partial charge in [0.25, 0.3) is 5.91 Å². The molecule has 0 spiro atoms. The van der Waals surface area contributed by atoms with Crippen LogP contribution in [0.4, 0.5) is 0 Å². The van der Waals surface area contributed by atoms with Crippen LogP contribution in [0.1, 0.15) is 0 Å². The molecular weight excluding hydrogens is 216 g/mol. The van der Waals surface area contributed by atoms with Gasteiger partial charge in [-0.15, -0.1) is 0 Å². The number of hydrogen-bond acceptors (Lipinski definition) is 3. The highest BCUT2D eigenvalue weighted by molar-refractivity contribution is 5.79. The van der Waals surface area contributed by atoms with Crippen LogP contribution in [0.3, 0.4) is 0 Å². The van der Waals surface area contributed by atoms with E-state index in [2.05, 4.69) is 11.7 Å². The number of pyridine rings is 1. The molecule has 1 aliphatic heterocycles. The van der Waals surface area contributed by atoms with E-state index in [1.54, 1.807) is 28.1 Å². The van der Waals surface area contributed by atoms with Gasteiger partial charge < -0.3 is 14.4 Å². The topological polar surface area (TPSA) is 40.8 Å². The number of amides is 1. The second-order valence-electron chi connectivity index (χ2n) is 3.86. The van der Waals surface area contributed by atoms with E-state index in [1.165, 1.54) is 0 Å². The first-order valence-corrected chi connectivity index (χ1v) is 5.27. The van der Waals surface area contributed by atoms with Crippen molar-refractivity contribution >= 4 is 5.91 Å². The Morgan fingerprint density at radius 3 is 2.59 bits per heavy atom. The Bertz CT molecular complexity index is 483. The van der Waals surface area contributed by atoms with Gasteiger partial charge in [0.05, 0.1) is 5.36 Å². The molecule has 0 N–H and O–H groups in total. The van der Waals surface area contributed by atoms with Crippen molar-refractivity contribution in [2.75, 3.05) is 13.6 Å². The first-order chi connectivity index (χ1) is 8.13. The quantitative estimate of drug-likeness (QED) is 0.727. The Morgan fingerprint density at radius 2 is 2.00 bits per heavy atom. The van der Waals surface area contributed by atoms with Crippen molar-refractivity contribution in [3.05, 3.63) is 49.0 Å². The minimum Gasteiger partial charge on any atom is -0.357 e. The lowest BCUT2D eigenvalue weighted by molar-refractivity contribution is -0.118. The number of carbonyl (C=O) groups is 1. The summed E-state index contributed by atoms with van der Waals surface area (Å²) in [6.07, 6.45) is 7.33. The maximum Gasteiger partial charge on any atom is 0.265 e. The third-order valence-electron chi connectivity index (χ3n) is 2.28. The summed E-state index contributed by atoms with van der Waals surface area (Å²) in [7, 11) is 3.77. The van der Waals surface area contributed by atoms with Crippen LogP contribution in [-0.4, -0.2) is 33.9 Å². The standard InChI is InChI=1S/C12H14N4O/c1-14-5-3-11(4-6-14)13-12(17)9-16-8-7-15(2)10-16/h3-8H,9H2,1-2H3. The van der Waals surface area contributed by atoms with Gasteiger partial charge in [0.15, 0.2) is 0 Å². The number of aryl methyl sites for hydroxylation is 1. The maximum atomic E-state index is 11.7. The predicted octanol–water partition coefficient (Wildman–Crippen LogP) is 0.167. The van der Waals surface area contributed by atoms with Crippen LogP contribution >= 0.6 is 0 Å². The molecule has 17 heavy (non-hydrogen) atoms. The number of rotatable bonds is 2. The van der Waals surface area contributed by atoms with Crippen LogP contribution in [0.5, 0.6) is 0 Å². The van der Waals surface area contributed by atoms with Gasteiger partial charge in [-0.25, -0.2) is 4.99 Å². The second-order valence-corrected chi connectivity index (χ2v) is 3.86. The molecule has 5 heteroatoms. The minimum atomic E-state index is -0.189. The van der Waals surface area contributed by atoms with Crippen LogP contribution in [0.25, 0.3) is 0 Å². The van der Waals surface area contributed by atoms with Crippen LogP contribution in [0.15, 0.2) is 41.9 Å². The van der Waals surface area contributed by atoms with E-state index >= 15 is 0 Å². The molecule has 2 rings (SSSR count). The number of nitrogens with zero attached hydrogens (tertiary/aromatic N) is 4.